The summed E-state index contributed by atoms with van der Waals surface area (Å²) in [6.07, 6.45) is 0. The first kappa shape index (κ1) is 31.9. The maximum Gasteiger partial charge on any atom is 0.145 e. The van der Waals surface area contributed by atoms with E-state index in [1.54, 1.807) is 12.1 Å². The molecule has 0 spiro atoms. The third-order valence-corrected chi connectivity index (χ3v) is 10.2. The Morgan fingerprint density at radius 2 is 0.804 bits per heavy atom. The average molecular weight is 693 g/mol. The van der Waals surface area contributed by atoms with Crippen molar-refractivity contribution >= 4 is 33.8 Å². The lowest BCUT2D eigenvalue weighted by Crippen LogP contribution is -1.99. The van der Waals surface area contributed by atoms with E-state index < -0.39 is 0 Å². The van der Waals surface area contributed by atoms with Crippen LogP contribution in [-0.4, -0.2) is 50.4 Å². The lowest BCUT2D eigenvalue weighted by Gasteiger charge is -2.16. The van der Waals surface area contributed by atoms with Gasteiger partial charge >= 0.3 is 0 Å². The Morgan fingerprint density at radius 1 is 0.431 bits per heavy atom. The minimum absolute atomic E-state index is 0.0790. The molecule has 0 aliphatic heterocycles. The van der Waals surface area contributed by atoms with E-state index in [2.05, 4.69) is 0 Å². The molecule has 51 heavy (non-hydrogen) atoms. The first-order chi connectivity index (χ1) is 24.6. The molecule has 0 bridgehead atoms. The standard InChI is InChI=1S/C40H32N6O4S/c1-21-9-5-13-25(37(21)47)33-31(19-17-27-35(33)43-45(41-27)29-15-7-11-23(3)39(29)49)51-32-20-18-28-36(34(32)26-14-6-10-22(2)38(26)48)44-46(42-28)30-16-8-12-24(4)40(30)50/h5-20,47-50H,1-4H3. The lowest BCUT2D eigenvalue weighted by molar-refractivity contribution is 0.463. The largest absolute Gasteiger partial charge is 0.507 e. The number of fused-ring (bicyclic) bond motifs is 2. The van der Waals surface area contributed by atoms with Crippen molar-refractivity contribution in [2.24, 2.45) is 0 Å². The van der Waals surface area contributed by atoms with Gasteiger partial charge in [-0.25, -0.2) is 0 Å². The Labute approximate surface area is 296 Å². The summed E-state index contributed by atoms with van der Waals surface area (Å²) in [6.45, 7) is 7.32. The number of phenolic OH excluding ortho intramolecular Hbond substituents is 4. The number of para-hydroxylation sites is 4. The monoisotopic (exact) mass is 692 g/mol. The van der Waals surface area contributed by atoms with E-state index >= 15 is 0 Å². The predicted octanol–water partition coefficient (Wildman–Crippen LogP) is 8.70. The molecular formula is C40H32N6O4S. The summed E-state index contributed by atoms with van der Waals surface area (Å²) in [6, 6.07) is 29.6. The van der Waals surface area contributed by atoms with Gasteiger partial charge in [-0.15, -0.1) is 30.0 Å². The van der Waals surface area contributed by atoms with Crippen LogP contribution in [0.3, 0.4) is 0 Å². The summed E-state index contributed by atoms with van der Waals surface area (Å²) in [7, 11) is 0. The van der Waals surface area contributed by atoms with Crippen LogP contribution in [0.2, 0.25) is 0 Å². The topological polar surface area (TPSA) is 142 Å². The second-order valence-corrected chi connectivity index (χ2v) is 13.6. The zero-order valence-corrected chi connectivity index (χ0v) is 28.9. The van der Waals surface area contributed by atoms with Gasteiger partial charge in [-0.3, -0.25) is 0 Å². The van der Waals surface area contributed by atoms with Crippen LogP contribution >= 0.6 is 11.8 Å². The smallest absolute Gasteiger partial charge is 0.145 e. The summed E-state index contributed by atoms with van der Waals surface area (Å²) in [5, 5.41) is 63.8. The Morgan fingerprint density at radius 3 is 1.22 bits per heavy atom. The van der Waals surface area contributed by atoms with E-state index in [-0.39, 0.29) is 23.0 Å². The molecular weight excluding hydrogens is 661 g/mol. The molecule has 2 heterocycles. The number of aromatic nitrogens is 6. The molecule has 0 aliphatic carbocycles. The normalized spacial score (nSPS) is 11.5. The molecule has 0 atom stereocenters. The molecule has 4 N–H and O–H groups in total. The van der Waals surface area contributed by atoms with Gasteiger partial charge in [-0.1, -0.05) is 72.4 Å². The minimum Gasteiger partial charge on any atom is -0.507 e. The van der Waals surface area contributed by atoms with E-state index in [4.69, 9.17) is 20.4 Å². The second-order valence-electron chi connectivity index (χ2n) is 12.5. The number of hydrogen-bond acceptors (Lipinski definition) is 9. The van der Waals surface area contributed by atoms with Crippen molar-refractivity contribution in [1.29, 1.82) is 0 Å². The zero-order chi connectivity index (χ0) is 35.6. The fourth-order valence-corrected chi connectivity index (χ4v) is 7.41. The van der Waals surface area contributed by atoms with Crippen molar-refractivity contribution in [2.75, 3.05) is 0 Å². The van der Waals surface area contributed by atoms with Crippen molar-refractivity contribution < 1.29 is 20.4 Å². The number of nitrogens with zero attached hydrogens (tertiary/aromatic N) is 6. The minimum atomic E-state index is 0.0790. The van der Waals surface area contributed by atoms with Crippen molar-refractivity contribution in [2.45, 2.75) is 37.5 Å². The maximum absolute atomic E-state index is 11.4. The molecule has 11 heteroatoms. The van der Waals surface area contributed by atoms with Gasteiger partial charge in [0.15, 0.2) is 0 Å². The lowest BCUT2D eigenvalue weighted by atomic mass is 10.0. The second kappa shape index (κ2) is 12.2. The molecule has 6 aromatic carbocycles. The van der Waals surface area contributed by atoms with E-state index in [1.807, 2.05) is 113 Å². The molecule has 0 fully saturated rings. The Bertz CT molecular complexity index is 2500. The van der Waals surface area contributed by atoms with Crippen molar-refractivity contribution in [3.8, 4) is 56.6 Å². The molecule has 8 aromatic rings. The maximum atomic E-state index is 11.4. The quantitative estimate of drug-likeness (QED) is 0.135. The molecule has 0 unspecified atom stereocenters. The predicted molar refractivity (Wildman–Crippen MR) is 198 cm³/mol. The highest BCUT2D eigenvalue weighted by Crippen LogP contribution is 2.48. The summed E-state index contributed by atoms with van der Waals surface area (Å²) >= 11 is 1.44. The van der Waals surface area contributed by atoms with Crippen LogP contribution in [0.25, 0.3) is 55.7 Å². The van der Waals surface area contributed by atoms with Crippen molar-refractivity contribution in [3.05, 3.63) is 119 Å². The van der Waals surface area contributed by atoms with Gasteiger partial charge in [-0.05, 0) is 86.3 Å². The molecule has 0 amide bonds. The van der Waals surface area contributed by atoms with Crippen LogP contribution in [0.15, 0.2) is 107 Å². The highest BCUT2D eigenvalue weighted by molar-refractivity contribution is 7.99. The average Bonchev–Trinajstić information content (AvgIpc) is 3.75. The fourth-order valence-electron chi connectivity index (χ4n) is 6.28. The molecule has 8 rings (SSSR count). The number of hydrogen-bond donors (Lipinski definition) is 4. The first-order valence-corrected chi connectivity index (χ1v) is 17.1. The first-order valence-electron chi connectivity index (χ1n) is 16.2. The van der Waals surface area contributed by atoms with Gasteiger partial charge in [-0.2, -0.15) is 0 Å². The van der Waals surface area contributed by atoms with E-state index in [1.165, 1.54) is 21.4 Å². The summed E-state index contributed by atoms with van der Waals surface area (Å²) in [5.74, 6) is 0.394. The molecule has 0 saturated heterocycles. The molecule has 2 aromatic heterocycles. The fraction of sp³-hybridized carbons (Fsp3) is 0.100. The highest BCUT2D eigenvalue weighted by Gasteiger charge is 2.24. The van der Waals surface area contributed by atoms with Crippen LogP contribution in [0.4, 0.5) is 0 Å². The van der Waals surface area contributed by atoms with Crippen LogP contribution < -0.4 is 0 Å². The molecule has 252 valence electrons. The van der Waals surface area contributed by atoms with E-state index in [0.29, 0.717) is 77.9 Å². The van der Waals surface area contributed by atoms with Crippen LogP contribution in [0, 0.1) is 27.7 Å². The molecule has 0 aliphatic rings. The number of phenols is 4. The Balaban J connectivity index is 1.38. The van der Waals surface area contributed by atoms with E-state index in [0.717, 1.165) is 9.79 Å². The molecule has 0 saturated carbocycles. The Kier molecular flexibility index (Phi) is 7.64. The summed E-state index contributed by atoms with van der Waals surface area (Å²) < 4.78 is 0. The number of aromatic hydroxyl groups is 4. The van der Waals surface area contributed by atoms with Crippen LogP contribution in [0.5, 0.6) is 23.0 Å². The van der Waals surface area contributed by atoms with Gasteiger partial charge in [0.05, 0.1) is 0 Å². The van der Waals surface area contributed by atoms with Gasteiger partial charge in [0.2, 0.25) is 0 Å². The SMILES string of the molecule is Cc1cccc(-c2c(Sc3ccc4nn(-c5cccc(C)c5O)nc4c3-c3cccc(C)c3O)ccc3nn(-c4cccc(C)c4O)nc23)c1O. The third-order valence-electron chi connectivity index (χ3n) is 9.13. The number of aryl methyl sites for hydroxylation is 4. The number of benzene rings is 6. The van der Waals surface area contributed by atoms with Gasteiger partial charge in [0, 0.05) is 32.0 Å². The van der Waals surface area contributed by atoms with Crippen LogP contribution in [-0.2, 0) is 0 Å². The van der Waals surface area contributed by atoms with Gasteiger partial charge in [0.25, 0.3) is 0 Å². The Hall–Kier alpha value is -6.33. The summed E-state index contributed by atoms with van der Waals surface area (Å²) in [4.78, 5) is 4.36. The molecule has 0 radical (unpaired) electrons. The van der Waals surface area contributed by atoms with E-state index in [9.17, 15) is 20.4 Å². The third kappa shape index (κ3) is 5.29. The van der Waals surface area contributed by atoms with Crippen molar-refractivity contribution in [1.82, 2.24) is 30.0 Å². The van der Waals surface area contributed by atoms with Gasteiger partial charge < -0.3 is 20.4 Å². The highest BCUT2D eigenvalue weighted by atomic mass is 32.2. The number of rotatable bonds is 6. The summed E-state index contributed by atoms with van der Waals surface area (Å²) in [5.41, 5.74) is 8.33. The van der Waals surface area contributed by atoms with Crippen LogP contribution in [0.1, 0.15) is 22.3 Å². The van der Waals surface area contributed by atoms with Gasteiger partial charge in [0.1, 0.15) is 56.4 Å². The zero-order valence-electron chi connectivity index (χ0n) is 28.1. The molecule has 10 nitrogen and oxygen atoms in total. The van der Waals surface area contributed by atoms with Crippen molar-refractivity contribution in [3.63, 3.8) is 0 Å².